The Balaban J connectivity index is 1.49. The van der Waals surface area contributed by atoms with Crippen molar-refractivity contribution in [3.8, 4) is 11.5 Å². The van der Waals surface area contributed by atoms with Crippen LogP contribution < -0.4 is 14.8 Å². The van der Waals surface area contributed by atoms with Crippen molar-refractivity contribution in [1.29, 1.82) is 0 Å². The van der Waals surface area contributed by atoms with E-state index in [-0.39, 0.29) is 18.5 Å². The lowest BCUT2D eigenvalue weighted by molar-refractivity contribution is -0.115. The molecule has 25 heavy (non-hydrogen) atoms. The van der Waals surface area contributed by atoms with Crippen molar-refractivity contribution >= 4 is 17.8 Å². The number of benzene rings is 2. The monoisotopic (exact) mass is 338 g/mol. The lowest BCUT2D eigenvalue weighted by atomic mass is 10.1. The molecular formula is C19H15FN2O3. The fraction of sp³-hybridized carbons (Fsp3) is 0.158. The van der Waals surface area contributed by atoms with Crippen molar-refractivity contribution < 1.29 is 18.7 Å². The van der Waals surface area contributed by atoms with Crippen molar-refractivity contribution in [2.45, 2.75) is 12.8 Å². The lowest BCUT2D eigenvalue weighted by Crippen LogP contribution is -2.24. The molecule has 0 unspecified atom stereocenters. The molecule has 1 amide bonds. The summed E-state index contributed by atoms with van der Waals surface area (Å²) in [6.07, 6.45) is 2.63. The normalized spacial score (nSPS) is 16.9. The molecule has 1 N–H and O–H groups in total. The van der Waals surface area contributed by atoms with Gasteiger partial charge in [-0.2, -0.15) is 0 Å². The summed E-state index contributed by atoms with van der Waals surface area (Å²) in [6.45, 7) is 0.203. The van der Waals surface area contributed by atoms with Gasteiger partial charge in [0.15, 0.2) is 11.5 Å². The van der Waals surface area contributed by atoms with Gasteiger partial charge in [0.2, 0.25) is 6.79 Å². The number of amidine groups is 1. The van der Waals surface area contributed by atoms with Crippen LogP contribution >= 0.6 is 0 Å². The van der Waals surface area contributed by atoms with Crippen LogP contribution in [0.4, 0.5) is 4.39 Å². The number of nitrogens with zero attached hydrogens (tertiary/aromatic N) is 1. The first-order valence-corrected chi connectivity index (χ1v) is 7.93. The Morgan fingerprint density at radius 1 is 1.12 bits per heavy atom. The minimum absolute atomic E-state index is 0.203. The van der Waals surface area contributed by atoms with Gasteiger partial charge in [0.25, 0.3) is 5.91 Å². The third-order valence-electron chi connectivity index (χ3n) is 4.03. The van der Waals surface area contributed by atoms with Crippen LogP contribution in [-0.4, -0.2) is 18.5 Å². The SMILES string of the molecule is O=C1NC(CCc2ccccc2F)=N/C1=C/c1ccc2c(c1)OCO2. The van der Waals surface area contributed by atoms with E-state index in [0.29, 0.717) is 41.4 Å². The van der Waals surface area contributed by atoms with Gasteiger partial charge in [-0.1, -0.05) is 24.3 Å². The third kappa shape index (κ3) is 3.24. The summed E-state index contributed by atoms with van der Waals surface area (Å²) in [4.78, 5) is 16.4. The Hall–Kier alpha value is -3.15. The van der Waals surface area contributed by atoms with E-state index >= 15 is 0 Å². The van der Waals surface area contributed by atoms with Gasteiger partial charge >= 0.3 is 0 Å². The molecule has 2 heterocycles. The topological polar surface area (TPSA) is 59.9 Å². The molecule has 0 aliphatic carbocycles. The summed E-state index contributed by atoms with van der Waals surface area (Å²) in [6, 6.07) is 12.0. The molecule has 0 saturated carbocycles. The number of carbonyl (C=O) groups excluding carboxylic acids is 1. The molecule has 0 radical (unpaired) electrons. The zero-order valence-electron chi connectivity index (χ0n) is 13.3. The summed E-state index contributed by atoms with van der Waals surface area (Å²) in [5.74, 6) is 1.37. The molecule has 0 saturated heterocycles. The fourth-order valence-electron chi connectivity index (χ4n) is 2.75. The van der Waals surface area contributed by atoms with Crippen LogP contribution in [0.15, 0.2) is 53.2 Å². The Kier molecular flexibility index (Phi) is 3.93. The van der Waals surface area contributed by atoms with Crippen LogP contribution in [0, 0.1) is 5.82 Å². The third-order valence-corrected chi connectivity index (χ3v) is 4.03. The molecule has 0 aromatic heterocycles. The first kappa shape index (κ1) is 15.4. The van der Waals surface area contributed by atoms with Gasteiger partial charge < -0.3 is 14.8 Å². The first-order valence-electron chi connectivity index (χ1n) is 7.93. The zero-order valence-corrected chi connectivity index (χ0v) is 13.3. The standard InChI is InChI=1S/C19H15FN2O3/c20-14-4-2-1-3-13(14)6-8-18-21-15(19(23)22-18)9-12-5-7-16-17(10-12)25-11-24-16/h1-5,7,9-10H,6,8,11H2,(H,21,22,23)/b15-9+. The highest BCUT2D eigenvalue weighted by atomic mass is 19.1. The molecule has 126 valence electrons. The quantitative estimate of drug-likeness (QED) is 0.872. The Morgan fingerprint density at radius 3 is 2.84 bits per heavy atom. The summed E-state index contributed by atoms with van der Waals surface area (Å²) in [5, 5.41) is 2.73. The van der Waals surface area contributed by atoms with Gasteiger partial charge in [-0.05, 0) is 41.8 Å². The van der Waals surface area contributed by atoms with Gasteiger partial charge in [0, 0.05) is 6.42 Å². The molecular weight excluding hydrogens is 323 g/mol. The average molecular weight is 338 g/mol. The summed E-state index contributed by atoms with van der Waals surface area (Å²) < 4.78 is 24.2. The number of hydrogen-bond donors (Lipinski definition) is 1. The molecule has 2 aromatic rings. The van der Waals surface area contributed by atoms with Gasteiger partial charge in [-0.3, -0.25) is 4.79 Å². The van der Waals surface area contributed by atoms with E-state index in [1.54, 1.807) is 36.4 Å². The molecule has 2 aromatic carbocycles. The predicted molar refractivity (Wildman–Crippen MR) is 90.8 cm³/mol. The number of nitrogens with one attached hydrogen (secondary N) is 1. The first-order chi connectivity index (χ1) is 12.2. The number of ether oxygens (including phenoxy) is 2. The van der Waals surface area contributed by atoms with Crippen LogP contribution in [0.2, 0.25) is 0 Å². The van der Waals surface area contributed by atoms with Crippen LogP contribution in [-0.2, 0) is 11.2 Å². The zero-order chi connectivity index (χ0) is 17.2. The van der Waals surface area contributed by atoms with Crippen molar-refractivity contribution in [2.75, 3.05) is 6.79 Å². The minimum atomic E-state index is -0.263. The van der Waals surface area contributed by atoms with Crippen molar-refractivity contribution in [3.05, 3.63) is 65.1 Å². The number of halogens is 1. The van der Waals surface area contributed by atoms with E-state index in [9.17, 15) is 9.18 Å². The second-order valence-corrected chi connectivity index (χ2v) is 5.75. The molecule has 2 aliphatic rings. The molecule has 0 bridgehead atoms. The van der Waals surface area contributed by atoms with Gasteiger partial charge in [0.05, 0.1) is 0 Å². The van der Waals surface area contributed by atoms with E-state index in [1.165, 1.54) is 6.07 Å². The van der Waals surface area contributed by atoms with E-state index in [2.05, 4.69) is 10.3 Å². The highest BCUT2D eigenvalue weighted by Crippen LogP contribution is 2.33. The van der Waals surface area contributed by atoms with Crippen molar-refractivity contribution in [1.82, 2.24) is 5.32 Å². The number of hydrogen-bond acceptors (Lipinski definition) is 4. The summed E-state index contributed by atoms with van der Waals surface area (Å²) in [7, 11) is 0. The maximum absolute atomic E-state index is 13.7. The van der Waals surface area contributed by atoms with Crippen LogP contribution in [0.5, 0.6) is 11.5 Å². The fourth-order valence-corrected chi connectivity index (χ4v) is 2.75. The number of aryl methyl sites for hydroxylation is 1. The summed E-state index contributed by atoms with van der Waals surface area (Å²) >= 11 is 0. The minimum Gasteiger partial charge on any atom is -0.454 e. The molecule has 0 fully saturated rings. The Morgan fingerprint density at radius 2 is 1.96 bits per heavy atom. The maximum Gasteiger partial charge on any atom is 0.275 e. The number of amides is 1. The van der Waals surface area contributed by atoms with Gasteiger partial charge in [-0.15, -0.1) is 0 Å². The number of fused-ring (bicyclic) bond motifs is 1. The number of carbonyl (C=O) groups is 1. The molecule has 0 spiro atoms. The summed E-state index contributed by atoms with van der Waals surface area (Å²) in [5.41, 5.74) is 1.73. The van der Waals surface area contributed by atoms with E-state index in [1.807, 2.05) is 6.07 Å². The molecule has 2 aliphatic heterocycles. The average Bonchev–Trinajstić information content (AvgIpc) is 3.21. The van der Waals surface area contributed by atoms with E-state index < -0.39 is 0 Å². The van der Waals surface area contributed by atoms with Crippen molar-refractivity contribution in [2.24, 2.45) is 4.99 Å². The van der Waals surface area contributed by atoms with Crippen LogP contribution in [0.1, 0.15) is 17.5 Å². The highest BCUT2D eigenvalue weighted by Gasteiger charge is 2.20. The van der Waals surface area contributed by atoms with Gasteiger partial charge in [0.1, 0.15) is 17.3 Å². The maximum atomic E-state index is 13.7. The second kappa shape index (κ2) is 6.39. The molecule has 5 nitrogen and oxygen atoms in total. The largest absolute Gasteiger partial charge is 0.454 e. The Labute approximate surface area is 143 Å². The number of aliphatic imine (C=N–C) groups is 1. The van der Waals surface area contributed by atoms with Crippen LogP contribution in [0.3, 0.4) is 0 Å². The smallest absolute Gasteiger partial charge is 0.275 e. The van der Waals surface area contributed by atoms with E-state index in [0.717, 1.165) is 5.56 Å². The molecule has 0 atom stereocenters. The number of rotatable bonds is 4. The van der Waals surface area contributed by atoms with Crippen molar-refractivity contribution in [3.63, 3.8) is 0 Å². The van der Waals surface area contributed by atoms with Crippen LogP contribution in [0.25, 0.3) is 6.08 Å². The Bertz CT molecular complexity index is 905. The van der Waals surface area contributed by atoms with Gasteiger partial charge in [-0.25, -0.2) is 9.38 Å². The van der Waals surface area contributed by atoms with E-state index in [4.69, 9.17) is 9.47 Å². The lowest BCUT2D eigenvalue weighted by Gasteiger charge is -2.02. The second-order valence-electron chi connectivity index (χ2n) is 5.75. The highest BCUT2D eigenvalue weighted by molar-refractivity contribution is 6.14. The molecule has 6 heteroatoms. The predicted octanol–water partition coefficient (Wildman–Crippen LogP) is 3.06. The molecule has 4 rings (SSSR count).